The van der Waals surface area contributed by atoms with Crippen LogP contribution in [0.1, 0.15) is 45.4 Å². The zero-order valence-corrected chi connectivity index (χ0v) is 14.7. The molecule has 5 nitrogen and oxygen atoms in total. The molecule has 2 aromatic rings. The van der Waals surface area contributed by atoms with E-state index in [1.807, 2.05) is 18.7 Å². The standard InChI is InChI=1S/C19H24FN3O2/c1-13(2)23(19(24)15-5-3-4-6-15)12-11-17-21-18(22-25-17)14-7-9-16(20)10-8-14/h7-10,13,15H,3-6,11-12H2,1-2H3. The molecule has 1 heterocycles. The Morgan fingerprint density at radius 2 is 1.96 bits per heavy atom. The maximum absolute atomic E-state index is 13.0. The predicted octanol–water partition coefficient (Wildman–Crippen LogP) is 3.85. The van der Waals surface area contributed by atoms with Crippen LogP contribution in [0.5, 0.6) is 0 Å². The Labute approximate surface area is 147 Å². The van der Waals surface area contributed by atoms with Crippen LogP contribution in [0.4, 0.5) is 4.39 Å². The largest absolute Gasteiger partial charge is 0.340 e. The average molecular weight is 345 g/mol. The highest BCUT2D eigenvalue weighted by atomic mass is 19.1. The molecule has 1 aromatic heterocycles. The van der Waals surface area contributed by atoms with Crippen LogP contribution < -0.4 is 0 Å². The summed E-state index contributed by atoms with van der Waals surface area (Å²) >= 11 is 0. The Morgan fingerprint density at radius 3 is 2.60 bits per heavy atom. The molecule has 1 aliphatic carbocycles. The van der Waals surface area contributed by atoms with Gasteiger partial charge in [-0.1, -0.05) is 18.0 Å². The number of carbonyl (C=O) groups excluding carboxylic acids is 1. The normalized spacial score (nSPS) is 15.0. The number of carbonyl (C=O) groups is 1. The first-order valence-corrected chi connectivity index (χ1v) is 8.93. The zero-order chi connectivity index (χ0) is 17.8. The Hall–Kier alpha value is -2.24. The van der Waals surface area contributed by atoms with E-state index in [2.05, 4.69) is 10.1 Å². The minimum atomic E-state index is -0.300. The van der Waals surface area contributed by atoms with Gasteiger partial charge in [0.25, 0.3) is 0 Å². The minimum absolute atomic E-state index is 0.146. The molecule has 1 aliphatic rings. The molecule has 0 saturated heterocycles. The Kier molecular flexibility index (Phi) is 5.46. The van der Waals surface area contributed by atoms with Crippen molar-refractivity contribution in [1.82, 2.24) is 15.0 Å². The van der Waals surface area contributed by atoms with Gasteiger partial charge in [0.15, 0.2) is 0 Å². The van der Waals surface area contributed by atoms with E-state index >= 15 is 0 Å². The van der Waals surface area contributed by atoms with Crippen molar-refractivity contribution in [1.29, 1.82) is 0 Å². The van der Waals surface area contributed by atoms with Crippen molar-refractivity contribution in [2.75, 3.05) is 6.54 Å². The van der Waals surface area contributed by atoms with Crippen molar-refractivity contribution in [3.05, 3.63) is 36.0 Å². The third kappa shape index (κ3) is 4.24. The van der Waals surface area contributed by atoms with Crippen LogP contribution in [0.15, 0.2) is 28.8 Å². The fraction of sp³-hybridized carbons (Fsp3) is 0.526. The van der Waals surface area contributed by atoms with Gasteiger partial charge < -0.3 is 9.42 Å². The summed E-state index contributed by atoms with van der Waals surface area (Å²) in [6, 6.07) is 6.12. The summed E-state index contributed by atoms with van der Waals surface area (Å²) < 4.78 is 18.3. The maximum Gasteiger partial charge on any atom is 0.228 e. The molecule has 1 saturated carbocycles. The molecular weight excluding hydrogens is 321 g/mol. The summed E-state index contributed by atoms with van der Waals surface area (Å²) in [7, 11) is 0. The molecule has 0 atom stereocenters. The summed E-state index contributed by atoms with van der Waals surface area (Å²) in [4.78, 5) is 19.0. The summed E-state index contributed by atoms with van der Waals surface area (Å²) in [6.45, 7) is 4.63. The van der Waals surface area contributed by atoms with Gasteiger partial charge in [0, 0.05) is 30.5 Å². The van der Waals surface area contributed by atoms with Gasteiger partial charge in [-0.3, -0.25) is 4.79 Å². The van der Waals surface area contributed by atoms with E-state index in [9.17, 15) is 9.18 Å². The van der Waals surface area contributed by atoms with Crippen molar-refractivity contribution in [3.8, 4) is 11.4 Å². The SMILES string of the molecule is CC(C)N(CCc1nc(-c2ccc(F)cc2)no1)C(=O)C1CCCC1. The second kappa shape index (κ2) is 7.76. The fourth-order valence-corrected chi connectivity index (χ4v) is 3.32. The average Bonchev–Trinajstić information content (AvgIpc) is 3.27. The molecule has 1 amide bonds. The number of amides is 1. The molecule has 0 N–H and O–H groups in total. The van der Waals surface area contributed by atoms with Gasteiger partial charge in [0.1, 0.15) is 5.82 Å². The molecule has 25 heavy (non-hydrogen) atoms. The lowest BCUT2D eigenvalue weighted by molar-refractivity contribution is -0.137. The summed E-state index contributed by atoms with van der Waals surface area (Å²) in [5.41, 5.74) is 0.708. The van der Waals surface area contributed by atoms with Crippen LogP contribution in [0.25, 0.3) is 11.4 Å². The highest BCUT2D eigenvalue weighted by Crippen LogP contribution is 2.27. The molecule has 0 unspecified atom stereocenters. The van der Waals surface area contributed by atoms with Crippen molar-refractivity contribution >= 4 is 5.91 Å². The lowest BCUT2D eigenvalue weighted by atomic mass is 10.1. The first-order chi connectivity index (χ1) is 12.0. The number of benzene rings is 1. The Morgan fingerprint density at radius 1 is 1.28 bits per heavy atom. The lowest BCUT2D eigenvalue weighted by Crippen LogP contribution is -2.41. The number of halogens is 1. The quantitative estimate of drug-likeness (QED) is 0.798. The summed E-state index contributed by atoms with van der Waals surface area (Å²) in [6.07, 6.45) is 4.81. The van der Waals surface area contributed by atoms with Crippen LogP contribution >= 0.6 is 0 Å². The number of rotatable bonds is 6. The van der Waals surface area contributed by atoms with Gasteiger partial charge >= 0.3 is 0 Å². The van der Waals surface area contributed by atoms with Gasteiger partial charge in [-0.25, -0.2) is 4.39 Å². The van der Waals surface area contributed by atoms with Crippen molar-refractivity contribution in [3.63, 3.8) is 0 Å². The molecule has 1 fully saturated rings. The Bertz CT molecular complexity index is 706. The fourth-order valence-electron chi connectivity index (χ4n) is 3.32. The molecule has 0 aliphatic heterocycles. The lowest BCUT2D eigenvalue weighted by Gasteiger charge is -2.29. The van der Waals surface area contributed by atoms with E-state index < -0.39 is 0 Å². The van der Waals surface area contributed by atoms with E-state index in [-0.39, 0.29) is 23.7 Å². The van der Waals surface area contributed by atoms with Gasteiger partial charge in [-0.05, 0) is 51.0 Å². The maximum atomic E-state index is 13.0. The molecule has 0 spiro atoms. The second-order valence-corrected chi connectivity index (χ2v) is 6.88. The van der Waals surface area contributed by atoms with Crippen molar-refractivity contribution in [2.45, 2.75) is 52.0 Å². The van der Waals surface area contributed by atoms with E-state index in [0.29, 0.717) is 30.2 Å². The number of aromatic nitrogens is 2. The third-order valence-corrected chi connectivity index (χ3v) is 4.75. The number of nitrogens with zero attached hydrogens (tertiary/aromatic N) is 3. The van der Waals surface area contributed by atoms with E-state index in [0.717, 1.165) is 25.7 Å². The third-order valence-electron chi connectivity index (χ3n) is 4.75. The minimum Gasteiger partial charge on any atom is -0.340 e. The molecule has 0 radical (unpaired) electrons. The van der Waals surface area contributed by atoms with Crippen LogP contribution in [0.2, 0.25) is 0 Å². The molecule has 134 valence electrons. The highest BCUT2D eigenvalue weighted by Gasteiger charge is 2.28. The van der Waals surface area contributed by atoms with Crippen molar-refractivity contribution < 1.29 is 13.7 Å². The Balaban J connectivity index is 1.63. The predicted molar refractivity (Wildman–Crippen MR) is 92.2 cm³/mol. The molecular formula is C19H24FN3O2. The van der Waals surface area contributed by atoms with Crippen molar-refractivity contribution in [2.24, 2.45) is 5.92 Å². The van der Waals surface area contributed by atoms with E-state index in [1.54, 1.807) is 12.1 Å². The smallest absolute Gasteiger partial charge is 0.228 e. The number of hydrogen-bond acceptors (Lipinski definition) is 4. The first kappa shape index (κ1) is 17.6. The van der Waals surface area contributed by atoms with Crippen LogP contribution in [-0.4, -0.2) is 33.5 Å². The van der Waals surface area contributed by atoms with Crippen LogP contribution in [0, 0.1) is 11.7 Å². The molecule has 3 rings (SSSR count). The zero-order valence-electron chi connectivity index (χ0n) is 14.7. The topological polar surface area (TPSA) is 59.2 Å². The van der Waals surface area contributed by atoms with Gasteiger partial charge in [-0.2, -0.15) is 4.98 Å². The molecule has 0 bridgehead atoms. The molecule has 1 aromatic carbocycles. The van der Waals surface area contributed by atoms with Gasteiger partial charge in [0.05, 0.1) is 0 Å². The van der Waals surface area contributed by atoms with E-state index in [1.165, 1.54) is 12.1 Å². The second-order valence-electron chi connectivity index (χ2n) is 6.88. The highest BCUT2D eigenvalue weighted by molar-refractivity contribution is 5.79. The summed E-state index contributed by atoms with van der Waals surface area (Å²) in [5, 5.41) is 3.95. The monoisotopic (exact) mass is 345 g/mol. The van der Waals surface area contributed by atoms with Crippen LogP contribution in [0.3, 0.4) is 0 Å². The van der Waals surface area contributed by atoms with Crippen LogP contribution in [-0.2, 0) is 11.2 Å². The summed E-state index contributed by atoms with van der Waals surface area (Å²) in [5.74, 6) is 1.04. The van der Waals surface area contributed by atoms with E-state index in [4.69, 9.17) is 4.52 Å². The van der Waals surface area contributed by atoms with Gasteiger partial charge in [0.2, 0.25) is 17.6 Å². The molecule has 6 heteroatoms. The van der Waals surface area contributed by atoms with Gasteiger partial charge in [-0.15, -0.1) is 0 Å². The number of hydrogen-bond donors (Lipinski definition) is 0. The first-order valence-electron chi connectivity index (χ1n) is 8.93.